The van der Waals surface area contributed by atoms with Gasteiger partial charge in [-0.3, -0.25) is 0 Å². The monoisotopic (exact) mass is 447 g/mol. The molecule has 164 valence electrons. The lowest BCUT2D eigenvalue weighted by molar-refractivity contribution is -0.450. The standard InChI is InChI=1S/C27H27ClN2O2/c1-5-29-16-10-12-18-21(14-16)27(3,4)22-15-17(30-6-2)11-13-19(22)24(18)25-20(26(31)32)8-7-9-23(25)28/h7-15,29H,5-6H2,1-4H3,(H,31,32)/p+1. The molecule has 2 aliphatic rings. The molecule has 0 atom stereocenters. The van der Waals surface area contributed by atoms with Gasteiger partial charge in [-0.2, -0.15) is 0 Å². The van der Waals surface area contributed by atoms with Crippen LogP contribution in [0.15, 0.2) is 65.8 Å². The summed E-state index contributed by atoms with van der Waals surface area (Å²) in [5.74, 6) is -0.989. The van der Waals surface area contributed by atoms with E-state index in [2.05, 4.69) is 62.3 Å². The number of aromatic carboxylic acids is 1. The molecule has 0 heterocycles. The van der Waals surface area contributed by atoms with Gasteiger partial charge in [0.1, 0.15) is 6.54 Å². The highest BCUT2D eigenvalue weighted by molar-refractivity contribution is 6.33. The lowest BCUT2D eigenvalue weighted by Crippen LogP contribution is -2.71. The van der Waals surface area contributed by atoms with E-state index in [4.69, 9.17) is 11.6 Å². The summed E-state index contributed by atoms with van der Waals surface area (Å²) in [4.78, 5) is 15.6. The molecule has 0 aromatic heterocycles. The van der Waals surface area contributed by atoms with E-state index in [0.29, 0.717) is 10.6 Å². The lowest BCUT2D eigenvalue weighted by Gasteiger charge is -2.39. The van der Waals surface area contributed by atoms with Gasteiger partial charge in [-0.05, 0) is 72.0 Å². The summed E-state index contributed by atoms with van der Waals surface area (Å²) in [5.41, 5.74) is 7.74. The maximum atomic E-state index is 12.2. The van der Waals surface area contributed by atoms with Crippen molar-refractivity contribution in [3.05, 3.63) is 93.0 Å². The minimum absolute atomic E-state index is 0.204. The topological polar surface area (TPSA) is 63.3 Å². The van der Waals surface area contributed by atoms with Crippen molar-refractivity contribution in [1.29, 1.82) is 0 Å². The summed E-state index contributed by atoms with van der Waals surface area (Å²) in [6, 6.07) is 11.4. The Labute approximate surface area is 194 Å². The van der Waals surface area contributed by atoms with Crippen LogP contribution in [0.25, 0.3) is 5.57 Å². The van der Waals surface area contributed by atoms with Gasteiger partial charge in [0.25, 0.3) is 0 Å². The molecule has 3 N–H and O–H groups in total. The number of halogens is 1. The highest BCUT2D eigenvalue weighted by atomic mass is 35.5. The van der Waals surface area contributed by atoms with Crippen molar-refractivity contribution in [2.75, 3.05) is 18.4 Å². The summed E-state index contributed by atoms with van der Waals surface area (Å²) in [5, 5.41) is 13.8. The van der Waals surface area contributed by atoms with Gasteiger partial charge in [0.15, 0.2) is 5.71 Å². The number of hydrogen-bond acceptors (Lipinski definition) is 2. The van der Waals surface area contributed by atoms with Crippen molar-refractivity contribution >= 4 is 34.5 Å². The van der Waals surface area contributed by atoms with Gasteiger partial charge in [-0.1, -0.05) is 37.6 Å². The zero-order valence-electron chi connectivity index (χ0n) is 18.8. The van der Waals surface area contributed by atoms with E-state index in [1.165, 1.54) is 0 Å². The normalized spacial score (nSPS) is 17.7. The molecule has 2 aliphatic carbocycles. The Bertz CT molecular complexity index is 1230. The minimum Gasteiger partial charge on any atom is -0.478 e. The summed E-state index contributed by atoms with van der Waals surface area (Å²) >= 11 is 6.66. The average Bonchev–Trinajstić information content (AvgIpc) is 2.76. The first-order valence-corrected chi connectivity index (χ1v) is 11.3. The third-order valence-electron chi connectivity index (χ3n) is 6.18. The fraction of sp³-hybridized carbons (Fsp3) is 0.259. The molecule has 0 aliphatic heterocycles. The Hall–Kier alpha value is -3.11. The van der Waals surface area contributed by atoms with Crippen molar-refractivity contribution in [1.82, 2.24) is 0 Å². The Morgan fingerprint density at radius 3 is 2.62 bits per heavy atom. The van der Waals surface area contributed by atoms with Crippen molar-refractivity contribution < 1.29 is 14.9 Å². The molecule has 0 saturated carbocycles. The number of allylic oxidation sites excluding steroid dienone is 5. The molecule has 4 rings (SSSR count). The van der Waals surface area contributed by atoms with E-state index in [9.17, 15) is 9.90 Å². The zero-order chi connectivity index (χ0) is 23.0. The number of fused-ring (bicyclic) bond motifs is 2. The zero-order valence-corrected chi connectivity index (χ0v) is 19.6. The predicted molar refractivity (Wildman–Crippen MR) is 132 cm³/mol. The molecule has 0 bridgehead atoms. The van der Waals surface area contributed by atoms with Gasteiger partial charge in [0, 0.05) is 40.4 Å². The van der Waals surface area contributed by atoms with E-state index >= 15 is 0 Å². The summed E-state index contributed by atoms with van der Waals surface area (Å²) in [6.07, 6.45) is 6.31. The van der Waals surface area contributed by atoms with Crippen LogP contribution in [-0.2, 0) is 5.41 Å². The number of nitrogens with one attached hydrogen (secondary N) is 2. The van der Waals surface area contributed by atoms with Crippen molar-refractivity contribution in [2.45, 2.75) is 33.1 Å². The number of carboxylic acid groups (broad SMARTS) is 1. The molecule has 5 heteroatoms. The first kappa shape index (κ1) is 22.1. The quantitative estimate of drug-likeness (QED) is 0.627. The second kappa shape index (κ2) is 8.44. The first-order valence-electron chi connectivity index (χ1n) is 11.0. The predicted octanol–water partition coefficient (Wildman–Crippen LogP) is 4.60. The fourth-order valence-corrected chi connectivity index (χ4v) is 4.97. The molecular formula is C27H28ClN2O2+. The first-order chi connectivity index (χ1) is 15.3. The molecule has 0 radical (unpaired) electrons. The number of benzene rings is 2. The van der Waals surface area contributed by atoms with E-state index in [0.717, 1.165) is 52.3 Å². The molecule has 0 saturated heterocycles. The summed E-state index contributed by atoms with van der Waals surface area (Å²) < 4.78 is 0. The lowest BCUT2D eigenvalue weighted by atomic mass is 9.64. The van der Waals surface area contributed by atoms with Gasteiger partial charge >= 0.3 is 5.97 Å². The summed E-state index contributed by atoms with van der Waals surface area (Å²) in [7, 11) is 0. The Morgan fingerprint density at radius 2 is 1.94 bits per heavy atom. The molecular weight excluding hydrogens is 420 g/mol. The average molecular weight is 448 g/mol. The maximum Gasteiger partial charge on any atom is 0.336 e. The summed E-state index contributed by atoms with van der Waals surface area (Å²) in [6.45, 7) is 10.2. The Balaban J connectivity index is 2.12. The second-order valence-electron chi connectivity index (χ2n) is 8.55. The van der Waals surface area contributed by atoms with E-state index in [1.807, 2.05) is 12.1 Å². The molecule has 2 aromatic rings. The van der Waals surface area contributed by atoms with Gasteiger partial charge < -0.3 is 10.4 Å². The molecule has 0 fully saturated rings. The van der Waals surface area contributed by atoms with Gasteiger partial charge in [0.2, 0.25) is 0 Å². The van der Waals surface area contributed by atoms with Gasteiger partial charge in [-0.15, -0.1) is 0 Å². The highest BCUT2D eigenvalue weighted by Gasteiger charge is 2.39. The van der Waals surface area contributed by atoms with Crippen LogP contribution >= 0.6 is 11.6 Å². The molecule has 4 nitrogen and oxygen atoms in total. The second-order valence-corrected chi connectivity index (χ2v) is 8.96. The van der Waals surface area contributed by atoms with E-state index in [-0.39, 0.29) is 11.0 Å². The number of anilines is 1. The number of hydrogen-bond donors (Lipinski definition) is 3. The number of carboxylic acids is 1. The van der Waals surface area contributed by atoms with Gasteiger partial charge in [-0.25, -0.2) is 9.79 Å². The van der Waals surface area contributed by atoms with Crippen LogP contribution < -0.4 is 10.3 Å². The number of rotatable bonds is 5. The fourth-order valence-electron chi connectivity index (χ4n) is 4.70. The van der Waals surface area contributed by atoms with E-state index < -0.39 is 5.97 Å². The molecule has 32 heavy (non-hydrogen) atoms. The SMILES string of the molecule is CCNc1ccc2c(c1)C(C)(C)C1=CC(=[NH+]CC)C=CC1=C2c1c(Cl)cccc1C(=O)O. The third-order valence-corrected chi connectivity index (χ3v) is 6.50. The molecule has 0 amide bonds. The van der Waals surface area contributed by atoms with E-state index in [1.54, 1.807) is 18.2 Å². The van der Waals surface area contributed by atoms with Gasteiger partial charge in [0.05, 0.1) is 5.56 Å². The largest absolute Gasteiger partial charge is 0.478 e. The van der Waals surface area contributed by atoms with Crippen LogP contribution in [0.3, 0.4) is 0 Å². The number of carbonyl (C=O) groups is 1. The van der Waals surface area contributed by atoms with Crippen molar-refractivity contribution in [2.24, 2.45) is 0 Å². The van der Waals surface area contributed by atoms with Crippen molar-refractivity contribution in [3.8, 4) is 0 Å². The Kier molecular flexibility index (Phi) is 5.83. The maximum absolute atomic E-state index is 12.2. The van der Waals surface area contributed by atoms with Crippen LogP contribution in [0, 0.1) is 0 Å². The molecule has 0 spiro atoms. The van der Waals surface area contributed by atoms with Crippen LogP contribution in [-0.4, -0.2) is 29.9 Å². The van der Waals surface area contributed by atoms with Crippen LogP contribution in [0.5, 0.6) is 0 Å². The van der Waals surface area contributed by atoms with Crippen molar-refractivity contribution in [3.63, 3.8) is 0 Å². The smallest absolute Gasteiger partial charge is 0.336 e. The van der Waals surface area contributed by atoms with Crippen LogP contribution in [0.4, 0.5) is 5.69 Å². The van der Waals surface area contributed by atoms with Crippen LogP contribution in [0.2, 0.25) is 5.02 Å². The third kappa shape index (κ3) is 3.59. The minimum atomic E-state index is -0.989. The highest BCUT2D eigenvalue weighted by Crippen LogP contribution is 2.51. The molecule has 2 aromatic carbocycles. The molecule has 0 unspecified atom stereocenters. The Morgan fingerprint density at radius 1 is 1.16 bits per heavy atom. The van der Waals surface area contributed by atoms with Crippen LogP contribution in [0.1, 0.15) is 54.7 Å².